The van der Waals surface area contributed by atoms with Crippen LogP contribution in [0.1, 0.15) is 31.2 Å². The topological polar surface area (TPSA) is 66.1 Å². The van der Waals surface area contributed by atoms with E-state index in [1.54, 1.807) is 24.9 Å². The normalized spacial score (nSPS) is 19.2. The highest BCUT2D eigenvalue weighted by atomic mass is 35.5. The zero-order chi connectivity index (χ0) is 21.3. The van der Waals surface area contributed by atoms with Crippen LogP contribution < -0.4 is 10.4 Å². The number of aromatic nitrogens is 3. The maximum absolute atomic E-state index is 12.8. The number of Topliss-reactive ketones (excluding diaryl/α,β-unsaturated/α-hetero) is 1. The summed E-state index contributed by atoms with van der Waals surface area (Å²) < 4.78 is 8.64. The van der Waals surface area contributed by atoms with Crippen LogP contribution in [0.3, 0.4) is 0 Å². The number of imidazole rings is 1. The average Bonchev–Trinajstić information content (AvgIpc) is 2.98. The van der Waals surface area contributed by atoms with Crippen LogP contribution in [-0.4, -0.2) is 27.0 Å². The van der Waals surface area contributed by atoms with Crippen LogP contribution in [-0.2, 0) is 24.8 Å². The van der Waals surface area contributed by atoms with Gasteiger partial charge in [-0.05, 0) is 61.4 Å². The lowest BCUT2D eigenvalue weighted by Gasteiger charge is -2.28. The fourth-order valence-electron chi connectivity index (χ4n) is 4.50. The number of hydrogen-bond donors (Lipinski definition) is 0. The Kier molecular flexibility index (Phi) is 5.95. The molecule has 1 aliphatic rings. The molecule has 30 heavy (non-hydrogen) atoms. The molecule has 1 aromatic carbocycles. The first-order valence-corrected chi connectivity index (χ1v) is 10.7. The quantitative estimate of drug-likeness (QED) is 0.596. The van der Waals surface area contributed by atoms with E-state index in [9.17, 15) is 9.59 Å². The molecule has 0 saturated heterocycles. The van der Waals surface area contributed by atoms with Crippen LogP contribution in [0.2, 0.25) is 5.02 Å². The fourth-order valence-corrected chi connectivity index (χ4v) is 4.67. The Hall–Kier alpha value is -2.60. The lowest BCUT2D eigenvalue weighted by molar-refractivity contribution is -0.123. The number of hydrogen-bond acceptors (Lipinski definition) is 4. The van der Waals surface area contributed by atoms with Gasteiger partial charge in [0, 0.05) is 43.2 Å². The molecule has 6 nitrogen and oxygen atoms in total. The zero-order valence-corrected chi connectivity index (χ0v) is 18.1. The number of pyridine rings is 1. The maximum Gasteiger partial charge on any atom is 0.328 e. The van der Waals surface area contributed by atoms with Gasteiger partial charge < -0.3 is 4.74 Å². The highest BCUT2D eigenvalue weighted by Crippen LogP contribution is 2.32. The predicted octanol–water partition coefficient (Wildman–Crippen LogP) is 4.02. The molecule has 3 aromatic rings. The lowest BCUT2D eigenvalue weighted by atomic mass is 9.79. The van der Waals surface area contributed by atoms with Crippen molar-refractivity contribution in [3.05, 3.63) is 57.6 Å². The first-order chi connectivity index (χ1) is 14.5. The van der Waals surface area contributed by atoms with E-state index in [4.69, 9.17) is 16.3 Å². The predicted molar refractivity (Wildman–Crippen MR) is 117 cm³/mol. The summed E-state index contributed by atoms with van der Waals surface area (Å²) in [5, 5.41) is 0.629. The zero-order valence-electron chi connectivity index (χ0n) is 17.3. The van der Waals surface area contributed by atoms with Crippen molar-refractivity contribution in [3.63, 3.8) is 0 Å². The van der Waals surface area contributed by atoms with Crippen LogP contribution in [0.15, 0.2) is 41.3 Å². The van der Waals surface area contributed by atoms with Crippen molar-refractivity contribution >= 4 is 28.4 Å². The van der Waals surface area contributed by atoms with Crippen molar-refractivity contribution in [2.45, 2.75) is 38.6 Å². The second kappa shape index (κ2) is 8.64. The number of aryl methyl sites for hydroxylation is 1. The Morgan fingerprint density at radius 2 is 1.93 bits per heavy atom. The number of halogens is 1. The molecule has 0 atom stereocenters. The Morgan fingerprint density at radius 3 is 2.67 bits per heavy atom. The summed E-state index contributed by atoms with van der Waals surface area (Å²) in [6.07, 6.45) is 5.71. The first kappa shape index (κ1) is 20.7. The van der Waals surface area contributed by atoms with Crippen molar-refractivity contribution in [3.8, 4) is 5.88 Å². The fraction of sp³-hybridized carbons (Fsp3) is 0.435. The van der Waals surface area contributed by atoms with Gasteiger partial charge in [0.2, 0.25) is 5.88 Å². The maximum atomic E-state index is 12.8. The summed E-state index contributed by atoms with van der Waals surface area (Å²) >= 11 is 6.16. The Bertz CT molecular complexity index is 1130. The molecule has 1 saturated carbocycles. The van der Waals surface area contributed by atoms with Crippen LogP contribution in [0, 0.1) is 11.8 Å². The number of carbonyl (C=O) groups is 1. The first-order valence-electron chi connectivity index (χ1n) is 10.3. The summed E-state index contributed by atoms with van der Waals surface area (Å²) in [4.78, 5) is 29.6. The summed E-state index contributed by atoms with van der Waals surface area (Å²) in [5.74, 6) is 1.27. The Morgan fingerprint density at radius 1 is 1.17 bits per heavy atom. The molecule has 2 aromatic heterocycles. The summed E-state index contributed by atoms with van der Waals surface area (Å²) in [6.45, 7) is 0.666. The second-order valence-electron chi connectivity index (χ2n) is 8.15. The molecule has 1 aliphatic carbocycles. The average molecular weight is 428 g/mol. The van der Waals surface area contributed by atoms with Crippen molar-refractivity contribution in [2.24, 2.45) is 18.9 Å². The number of carbonyl (C=O) groups excluding carboxylic acids is 1. The molecule has 1 fully saturated rings. The number of benzene rings is 1. The molecule has 0 spiro atoms. The van der Waals surface area contributed by atoms with Gasteiger partial charge >= 0.3 is 5.69 Å². The van der Waals surface area contributed by atoms with E-state index in [-0.39, 0.29) is 17.4 Å². The summed E-state index contributed by atoms with van der Waals surface area (Å²) in [7, 11) is 3.36. The Balaban J connectivity index is 1.40. The van der Waals surface area contributed by atoms with E-state index in [2.05, 4.69) is 4.98 Å². The highest BCUT2D eigenvalue weighted by molar-refractivity contribution is 6.31. The van der Waals surface area contributed by atoms with Crippen LogP contribution in [0.25, 0.3) is 11.0 Å². The molecule has 158 valence electrons. The molecule has 4 rings (SSSR count). The lowest BCUT2D eigenvalue weighted by Crippen LogP contribution is -2.29. The van der Waals surface area contributed by atoms with E-state index in [0.717, 1.165) is 42.3 Å². The van der Waals surface area contributed by atoms with Gasteiger partial charge in [0.05, 0.1) is 18.1 Å². The van der Waals surface area contributed by atoms with Crippen molar-refractivity contribution in [2.75, 3.05) is 7.11 Å². The van der Waals surface area contributed by atoms with E-state index in [1.807, 2.05) is 34.9 Å². The van der Waals surface area contributed by atoms with Gasteiger partial charge in [-0.3, -0.25) is 13.9 Å². The molecule has 0 bridgehead atoms. The van der Waals surface area contributed by atoms with E-state index in [1.165, 1.54) is 0 Å². The van der Waals surface area contributed by atoms with E-state index < -0.39 is 0 Å². The third-order valence-corrected chi connectivity index (χ3v) is 6.47. The van der Waals surface area contributed by atoms with Gasteiger partial charge in [0.1, 0.15) is 5.78 Å². The molecule has 2 heterocycles. The second-order valence-corrected chi connectivity index (χ2v) is 8.59. The summed E-state index contributed by atoms with van der Waals surface area (Å²) in [6, 6.07) is 9.24. The highest BCUT2D eigenvalue weighted by Gasteiger charge is 2.27. The number of methoxy groups -OCH3 is 1. The van der Waals surface area contributed by atoms with Gasteiger partial charge in [-0.25, -0.2) is 9.78 Å². The van der Waals surface area contributed by atoms with Gasteiger partial charge in [0.15, 0.2) is 0 Å². The van der Waals surface area contributed by atoms with Gasteiger partial charge in [0.25, 0.3) is 0 Å². The van der Waals surface area contributed by atoms with Gasteiger partial charge in [-0.15, -0.1) is 0 Å². The minimum atomic E-state index is -0.0166. The number of fused-ring (bicyclic) bond motifs is 1. The minimum absolute atomic E-state index is 0.0166. The third kappa shape index (κ3) is 4.15. The van der Waals surface area contributed by atoms with Crippen LogP contribution in [0.5, 0.6) is 5.88 Å². The van der Waals surface area contributed by atoms with E-state index >= 15 is 0 Å². The molecule has 0 unspecified atom stereocenters. The van der Waals surface area contributed by atoms with Gasteiger partial charge in [-0.1, -0.05) is 11.6 Å². The van der Waals surface area contributed by atoms with Crippen LogP contribution >= 0.6 is 11.6 Å². The third-order valence-electron chi connectivity index (χ3n) is 6.24. The number of ketones is 1. The van der Waals surface area contributed by atoms with Gasteiger partial charge in [-0.2, -0.15) is 0 Å². The standard InChI is InChI=1S/C23H26ClN3O3/c1-26-19-8-7-18(24)13-20(19)27(23(26)29)14-15-3-5-17(6-4-15)21(28)11-16-9-10-25-22(12-16)30-2/h7-10,12-13,15,17H,3-6,11,14H2,1-2H3. The molecule has 7 heteroatoms. The Labute approximate surface area is 180 Å². The number of ether oxygens (including phenoxy) is 1. The van der Waals surface area contributed by atoms with E-state index in [0.29, 0.717) is 29.8 Å². The molecule has 0 amide bonds. The van der Waals surface area contributed by atoms with Crippen molar-refractivity contribution in [1.82, 2.24) is 14.1 Å². The molecule has 0 radical (unpaired) electrons. The van der Waals surface area contributed by atoms with Crippen molar-refractivity contribution in [1.29, 1.82) is 0 Å². The monoisotopic (exact) mass is 427 g/mol. The summed E-state index contributed by atoms with van der Waals surface area (Å²) in [5.41, 5.74) is 2.69. The molecular weight excluding hydrogens is 402 g/mol. The minimum Gasteiger partial charge on any atom is -0.481 e. The number of nitrogens with zero attached hydrogens (tertiary/aromatic N) is 3. The smallest absolute Gasteiger partial charge is 0.328 e. The molecular formula is C23H26ClN3O3. The largest absolute Gasteiger partial charge is 0.481 e. The van der Waals surface area contributed by atoms with Crippen molar-refractivity contribution < 1.29 is 9.53 Å². The SMILES string of the molecule is COc1cc(CC(=O)C2CCC(Cn3c(=O)n(C)c4ccc(Cl)cc43)CC2)ccn1. The number of rotatable bonds is 6. The molecule has 0 N–H and O–H groups in total. The molecule has 0 aliphatic heterocycles. The van der Waals surface area contributed by atoms with Crippen LogP contribution in [0.4, 0.5) is 0 Å².